The molecule has 1 rings (SSSR count). The van der Waals surface area contributed by atoms with Crippen molar-refractivity contribution in [2.75, 3.05) is 40.5 Å². The predicted molar refractivity (Wildman–Crippen MR) is 93.4 cm³/mol. The molecule has 0 aliphatic carbocycles. The second kappa shape index (κ2) is 12.6. The molecule has 0 unspecified atom stereocenters. The Hall–Kier alpha value is -2.68. The molecule has 0 bridgehead atoms. The van der Waals surface area contributed by atoms with Gasteiger partial charge < -0.3 is 18.9 Å². The molecule has 0 N–H and O–H groups in total. The zero-order valence-electron chi connectivity index (χ0n) is 15.5. The van der Waals surface area contributed by atoms with Gasteiger partial charge in [-0.2, -0.15) is 0 Å². The number of esters is 4. The summed E-state index contributed by atoms with van der Waals surface area (Å²) in [5, 5.41) is 0. The fourth-order valence-electron chi connectivity index (χ4n) is 2.40. The number of hydrogen-bond donors (Lipinski definition) is 0. The van der Waals surface area contributed by atoms with Crippen LogP contribution in [-0.4, -0.2) is 75.3 Å². The van der Waals surface area contributed by atoms with Gasteiger partial charge in [-0.1, -0.05) is 6.42 Å². The van der Waals surface area contributed by atoms with E-state index < -0.39 is 23.9 Å². The zero-order chi connectivity index (χ0) is 20.1. The molecule has 0 atom stereocenters. The van der Waals surface area contributed by atoms with E-state index in [0.29, 0.717) is 0 Å². The van der Waals surface area contributed by atoms with Crippen LogP contribution in [-0.2, 0) is 38.1 Å². The summed E-state index contributed by atoms with van der Waals surface area (Å²) in [7, 11) is 2.40. The summed E-state index contributed by atoms with van der Waals surface area (Å²) in [6.07, 6.45) is 7.01. The van der Waals surface area contributed by atoms with Crippen LogP contribution in [0.1, 0.15) is 19.3 Å². The van der Waals surface area contributed by atoms with Crippen LogP contribution in [0.2, 0.25) is 0 Å². The molecule has 150 valence electrons. The Morgan fingerprint density at radius 2 is 1.15 bits per heavy atom. The first-order chi connectivity index (χ1) is 13.0. The lowest BCUT2D eigenvalue weighted by Crippen LogP contribution is -2.45. The molecule has 1 aliphatic heterocycles. The first-order valence-corrected chi connectivity index (χ1v) is 8.56. The van der Waals surface area contributed by atoms with Crippen LogP contribution in [0, 0.1) is 0 Å². The average molecular weight is 383 g/mol. The molecule has 9 heteroatoms. The maximum Gasteiger partial charge on any atom is 0.331 e. The largest absolute Gasteiger partial charge is 0.466 e. The summed E-state index contributed by atoms with van der Waals surface area (Å²) in [4.78, 5) is 47.4. The van der Waals surface area contributed by atoms with Gasteiger partial charge in [0.1, 0.15) is 13.2 Å². The minimum Gasteiger partial charge on any atom is -0.466 e. The Labute approximate surface area is 157 Å². The third-order valence-corrected chi connectivity index (χ3v) is 3.86. The third-order valence-electron chi connectivity index (χ3n) is 3.86. The summed E-state index contributed by atoms with van der Waals surface area (Å²) in [5.74, 6) is -2.71. The maximum atomic E-state index is 11.7. The second-order valence-corrected chi connectivity index (χ2v) is 5.72. The van der Waals surface area contributed by atoms with Crippen LogP contribution in [0.15, 0.2) is 24.3 Å². The number of carbonyl (C=O) groups excluding carboxylic acids is 4. The van der Waals surface area contributed by atoms with E-state index in [2.05, 4.69) is 14.4 Å². The number of methoxy groups -OCH3 is 2. The fourth-order valence-corrected chi connectivity index (χ4v) is 2.40. The van der Waals surface area contributed by atoms with Crippen molar-refractivity contribution in [2.24, 2.45) is 0 Å². The van der Waals surface area contributed by atoms with E-state index in [1.165, 1.54) is 14.2 Å². The normalized spacial score (nSPS) is 15.1. The molecular weight excluding hydrogens is 358 g/mol. The van der Waals surface area contributed by atoms with Gasteiger partial charge in [0.15, 0.2) is 0 Å². The van der Waals surface area contributed by atoms with Crippen molar-refractivity contribution in [3.05, 3.63) is 24.3 Å². The van der Waals surface area contributed by atoms with Gasteiger partial charge in [-0.05, 0) is 25.9 Å². The second-order valence-electron chi connectivity index (χ2n) is 5.72. The van der Waals surface area contributed by atoms with Crippen molar-refractivity contribution >= 4 is 23.9 Å². The SMILES string of the molecule is COC(=O)/C=C/C(=O)OCC(COC(=O)/C=C/C(=O)OC)N1CCCCC1. The molecule has 0 aromatic heterocycles. The molecule has 1 heterocycles. The van der Waals surface area contributed by atoms with Crippen molar-refractivity contribution < 1.29 is 38.1 Å². The Kier molecular flexibility index (Phi) is 10.5. The Morgan fingerprint density at radius 3 is 1.56 bits per heavy atom. The smallest absolute Gasteiger partial charge is 0.331 e. The highest BCUT2D eigenvalue weighted by Crippen LogP contribution is 2.13. The molecular formula is C18H25NO8. The molecule has 0 saturated carbocycles. The highest BCUT2D eigenvalue weighted by atomic mass is 16.6. The van der Waals surface area contributed by atoms with Crippen LogP contribution in [0.3, 0.4) is 0 Å². The van der Waals surface area contributed by atoms with Gasteiger partial charge in [-0.15, -0.1) is 0 Å². The fraction of sp³-hybridized carbons (Fsp3) is 0.556. The first kappa shape index (κ1) is 22.4. The van der Waals surface area contributed by atoms with E-state index in [0.717, 1.165) is 56.7 Å². The minimum atomic E-state index is -0.695. The molecule has 0 spiro atoms. The monoisotopic (exact) mass is 383 g/mol. The van der Waals surface area contributed by atoms with E-state index >= 15 is 0 Å². The number of nitrogens with zero attached hydrogens (tertiary/aromatic N) is 1. The standard InChI is InChI=1S/C18H25NO8/c1-24-15(20)6-8-17(22)26-12-14(19-10-4-3-5-11-19)13-27-18(23)9-7-16(21)25-2/h6-9,14H,3-5,10-13H2,1-2H3/b8-6+,9-7+. The third kappa shape index (κ3) is 9.55. The van der Waals surface area contributed by atoms with Crippen molar-refractivity contribution in [2.45, 2.75) is 25.3 Å². The van der Waals surface area contributed by atoms with Gasteiger partial charge in [0.25, 0.3) is 0 Å². The molecule has 0 aromatic carbocycles. The highest BCUT2D eigenvalue weighted by molar-refractivity contribution is 5.92. The number of likely N-dealkylation sites (tertiary alicyclic amines) is 1. The minimum absolute atomic E-state index is 0.00164. The van der Waals surface area contributed by atoms with Crippen molar-refractivity contribution in [3.8, 4) is 0 Å². The Morgan fingerprint density at radius 1 is 0.741 bits per heavy atom. The molecule has 0 amide bonds. The van der Waals surface area contributed by atoms with Crippen LogP contribution >= 0.6 is 0 Å². The number of carbonyl (C=O) groups is 4. The molecule has 9 nitrogen and oxygen atoms in total. The summed E-state index contributed by atoms with van der Waals surface area (Å²) >= 11 is 0. The van der Waals surface area contributed by atoms with Crippen LogP contribution in [0.5, 0.6) is 0 Å². The van der Waals surface area contributed by atoms with Gasteiger partial charge in [0.2, 0.25) is 0 Å². The Balaban J connectivity index is 2.57. The lowest BCUT2D eigenvalue weighted by atomic mass is 10.1. The van der Waals surface area contributed by atoms with Crippen LogP contribution in [0.25, 0.3) is 0 Å². The first-order valence-electron chi connectivity index (χ1n) is 8.56. The molecule has 27 heavy (non-hydrogen) atoms. The average Bonchev–Trinajstić information content (AvgIpc) is 2.70. The molecule has 0 radical (unpaired) electrons. The predicted octanol–water partition coefficient (Wildman–Crippen LogP) is 0.386. The van der Waals surface area contributed by atoms with E-state index in [9.17, 15) is 19.2 Å². The van der Waals surface area contributed by atoms with E-state index in [-0.39, 0.29) is 19.3 Å². The Bertz CT molecular complexity index is 536. The van der Waals surface area contributed by atoms with Crippen molar-refractivity contribution in [1.82, 2.24) is 4.90 Å². The topological polar surface area (TPSA) is 108 Å². The van der Waals surface area contributed by atoms with Gasteiger partial charge in [0, 0.05) is 24.3 Å². The number of rotatable bonds is 9. The van der Waals surface area contributed by atoms with Gasteiger partial charge in [0.05, 0.1) is 20.3 Å². The molecule has 1 fully saturated rings. The summed E-state index contributed by atoms with van der Waals surface area (Å²) in [6, 6.07) is -0.323. The highest BCUT2D eigenvalue weighted by Gasteiger charge is 2.23. The van der Waals surface area contributed by atoms with Gasteiger partial charge in [-0.3, -0.25) is 4.90 Å². The summed E-state index contributed by atoms with van der Waals surface area (Å²) < 4.78 is 19.1. The maximum absolute atomic E-state index is 11.7. The van der Waals surface area contributed by atoms with Gasteiger partial charge in [-0.25, -0.2) is 19.2 Å². The van der Waals surface area contributed by atoms with Crippen molar-refractivity contribution in [1.29, 1.82) is 0 Å². The van der Waals surface area contributed by atoms with E-state index in [1.807, 2.05) is 0 Å². The lowest BCUT2D eigenvalue weighted by Gasteiger charge is -2.33. The summed E-state index contributed by atoms with van der Waals surface area (Å²) in [6.45, 7) is 1.60. The molecule has 1 saturated heterocycles. The van der Waals surface area contributed by atoms with Crippen molar-refractivity contribution in [3.63, 3.8) is 0 Å². The van der Waals surface area contributed by atoms with E-state index in [4.69, 9.17) is 9.47 Å². The van der Waals surface area contributed by atoms with E-state index in [1.54, 1.807) is 0 Å². The van der Waals surface area contributed by atoms with Crippen LogP contribution in [0.4, 0.5) is 0 Å². The number of hydrogen-bond acceptors (Lipinski definition) is 9. The lowest BCUT2D eigenvalue weighted by molar-refractivity contribution is -0.145. The van der Waals surface area contributed by atoms with Gasteiger partial charge >= 0.3 is 23.9 Å². The number of ether oxygens (including phenoxy) is 4. The quantitative estimate of drug-likeness (QED) is 0.317. The number of piperidine rings is 1. The molecule has 0 aromatic rings. The summed E-state index contributed by atoms with van der Waals surface area (Å²) in [5.41, 5.74) is 0. The zero-order valence-corrected chi connectivity index (χ0v) is 15.5. The van der Waals surface area contributed by atoms with Crippen LogP contribution < -0.4 is 0 Å². The molecule has 1 aliphatic rings.